The number of aromatic nitrogens is 2. The summed E-state index contributed by atoms with van der Waals surface area (Å²) in [4.78, 5) is 9.53. The number of likely N-dealkylation sites (N-methyl/N-ethyl adjacent to an activating group) is 1. The van der Waals surface area contributed by atoms with Crippen LogP contribution in [0.2, 0.25) is 0 Å². The van der Waals surface area contributed by atoms with Gasteiger partial charge in [-0.25, -0.2) is 0 Å². The largest absolute Gasteiger partial charge is 0.381 e. The highest BCUT2D eigenvalue weighted by molar-refractivity contribution is 4.98. The number of ether oxygens (including phenoxy) is 1. The Labute approximate surface area is 132 Å². The first-order valence-corrected chi connectivity index (χ1v) is 8.40. The van der Waals surface area contributed by atoms with Crippen LogP contribution in [-0.4, -0.2) is 65.4 Å². The molecule has 1 aromatic heterocycles. The minimum Gasteiger partial charge on any atom is -0.381 e. The van der Waals surface area contributed by atoms with E-state index in [1.54, 1.807) is 0 Å². The second-order valence-electron chi connectivity index (χ2n) is 7.17. The molecular formula is C16H28N4O2. The van der Waals surface area contributed by atoms with E-state index in [4.69, 9.17) is 9.26 Å². The Morgan fingerprint density at radius 2 is 2.00 bits per heavy atom. The molecule has 22 heavy (non-hydrogen) atoms. The Balaban J connectivity index is 1.61. The van der Waals surface area contributed by atoms with Crippen molar-refractivity contribution in [2.45, 2.75) is 45.2 Å². The molecule has 1 spiro atoms. The van der Waals surface area contributed by atoms with Gasteiger partial charge in [-0.2, -0.15) is 4.98 Å². The molecule has 1 aromatic rings. The van der Waals surface area contributed by atoms with Crippen LogP contribution in [0.25, 0.3) is 0 Å². The lowest BCUT2D eigenvalue weighted by Gasteiger charge is -2.51. The maximum absolute atomic E-state index is 5.55. The zero-order valence-corrected chi connectivity index (χ0v) is 14.0. The topological polar surface area (TPSA) is 54.6 Å². The van der Waals surface area contributed by atoms with Crippen molar-refractivity contribution in [1.29, 1.82) is 0 Å². The van der Waals surface area contributed by atoms with E-state index in [2.05, 4.69) is 40.8 Å². The predicted octanol–water partition coefficient (Wildman–Crippen LogP) is 1.56. The molecule has 0 saturated carbocycles. The lowest BCUT2D eigenvalue weighted by Crippen LogP contribution is -2.62. The van der Waals surface area contributed by atoms with E-state index >= 15 is 0 Å². The molecule has 0 bridgehead atoms. The first-order chi connectivity index (χ1) is 10.6. The maximum atomic E-state index is 5.55. The van der Waals surface area contributed by atoms with Gasteiger partial charge in [0, 0.05) is 44.8 Å². The first kappa shape index (κ1) is 15.9. The highest BCUT2D eigenvalue weighted by atomic mass is 16.5. The van der Waals surface area contributed by atoms with Gasteiger partial charge < -0.3 is 9.26 Å². The van der Waals surface area contributed by atoms with Gasteiger partial charge in [-0.1, -0.05) is 19.0 Å². The van der Waals surface area contributed by atoms with Gasteiger partial charge in [0.05, 0.1) is 6.54 Å². The number of piperazine rings is 1. The SMILES string of the molecule is CC(C)Cc1nc(CN2CCN(C)C3(CCOCC3)C2)no1. The third-order valence-corrected chi connectivity index (χ3v) is 4.96. The minimum absolute atomic E-state index is 0.265. The van der Waals surface area contributed by atoms with Crippen LogP contribution in [-0.2, 0) is 17.7 Å². The summed E-state index contributed by atoms with van der Waals surface area (Å²) in [5.74, 6) is 2.13. The molecule has 0 radical (unpaired) electrons. The molecule has 0 unspecified atom stereocenters. The van der Waals surface area contributed by atoms with Crippen LogP contribution in [0.1, 0.15) is 38.4 Å². The third kappa shape index (κ3) is 3.50. The van der Waals surface area contributed by atoms with E-state index in [9.17, 15) is 0 Å². The van der Waals surface area contributed by atoms with Gasteiger partial charge in [-0.3, -0.25) is 9.80 Å². The summed E-state index contributed by atoms with van der Waals surface area (Å²) in [5, 5.41) is 4.15. The summed E-state index contributed by atoms with van der Waals surface area (Å²) in [7, 11) is 2.25. The lowest BCUT2D eigenvalue weighted by atomic mass is 9.86. The van der Waals surface area contributed by atoms with Crippen LogP contribution in [0.5, 0.6) is 0 Å². The van der Waals surface area contributed by atoms with Crippen molar-refractivity contribution in [2.75, 3.05) is 39.9 Å². The average Bonchev–Trinajstić information content (AvgIpc) is 2.90. The van der Waals surface area contributed by atoms with Crippen molar-refractivity contribution in [3.8, 4) is 0 Å². The standard InChI is InChI=1S/C16H28N4O2/c1-13(2)10-15-17-14(18-22-15)11-20-7-6-19(3)16(12-20)4-8-21-9-5-16/h13H,4-12H2,1-3H3. The number of nitrogens with zero attached hydrogens (tertiary/aromatic N) is 4. The second kappa shape index (κ2) is 6.64. The first-order valence-electron chi connectivity index (χ1n) is 8.40. The third-order valence-electron chi connectivity index (χ3n) is 4.96. The summed E-state index contributed by atoms with van der Waals surface area (Å²) in [6.45, 7) is 10.1. The summed E-state index contributed by atoms with van der Waals surface area (Å²) in [6, 6.07) is 0. The highest BCUT2D eigenvalue weighted by Gasteiger charge is 2.41. The van der Waals surface area contributed by atoms with Crippen molar-refractivity contribution in [1.82, 2.24) is 19.9 Å². The molecule has 3 rings (SSSR count). The Hall–Kier alpha value is -0.980. The maximum Gasteiger partial charge on any atom is 0.226 e. The molecule has 0 N–H and O–H groups in total. The molecule has 2 saturated heterocycles. The van der Waals surface area contributed by atoms with Gasteiger partial charge in [-0.05, 0) is 25.8 Å². The van der Waals surface area contributed by atoms with Crippen LogP contribution in [0.4, 0.5) is 0 Å². The Kier molecular flexibility index (Phi) is 4.80. The zero-order chi connectivity index (χ0) is 15.6. The van der Waals surface area contributed by atoms with Crippen LogP contribution in [0, 0.1) is 5.92 Å². The molecule has 0 aromatic carbocycles. The lowest BCUT2D eigenvalue weighted by molar-refractivity contribution is -0.0630. The molecule has 0 amide bonds. The van der Waals surface area contributed by atoms with Gasteiger partial charge in [0.2, 0.25) is 5.89 Å². The Bertz CT molecular complexity index is 482. The fourth-order valence-electron chi connectivity index (χ4n) is 3.56. The van der Waals surface area contributed by atoms with Crippen molar-refractivity contribution in [3.63, 3.8) is 0 Å². The number of hydrogen-bond donors (Lipinski definition) is 0. The summed E-state index contributed by atoms with van der Waals surface area (Å²) >= 11 is 0. The van der Waals surface area contributed by atoms with E-state index in [1.807, 2.05) is 0 Å². The summed E-state index contributed by atoms with van der Waals surface area (Å²) in [5.41, 5.74) is 0.265. The highest BCUT2D eigenvalue weighted by Crippen LogP contribution is 2.31. The van der Waals surface area contributed by atoms with Crippen LogP contribution in [0.15, 0.2) is 4.52 Å². The molecule has 6 nitrogen and oxygen atoms in total. The summed E-state index contributed by atoms with van der Waals surface area (Å²) in [6.07, 6.45) is 3.09. The fraction of sp³-hybridized carbons (Fsp3) is 0.875. The Morgan fingerprint density at radius 1 is 1.23 bits per heavy atom. The average molecular weight is 308 g/mol. The van der Waals surface area contributed by atoms with Crippen molar-refractivity contribution in [3.05, 3.63) is 11.7 Å². The molecule has 3 heterocycles. The van der Waals surface area contributed by atoms with Crippen LogP contribution >= 0.6 is 0 Å². The monoisotopic (exact) mass is 308 g/mol. The minimum atomic E-state index is 0.265. The van der Waals surface area contributed by atoms with Gasteiger partial charge in [0.1, 0.15) is 0 Å². The van der Waals surface area contributed by atoms with E-state index in [0.717, 1.165) is 70.4 Å². The smallest absolute Gasteiger partial charge is 0.226 e. The normalized spacial score (nSPS) is 23.5. The molecule has 2 fully saturated rings. The van der Waals surface area contributed by atoms with E-state index in [1.165, 1.54) is 0 Å². The van der Waals surface area contributed by atoms with E-state index < -0.39 is 0 Å². The predicted molar refractivity (Wildman–Crippen MR) is 83.5 cm³/mol. The fourth-order valence-corrected chi connectivity index (χ4v) is 3.56. The van der Waals surface area contributed by atoms with E-state index in [0.29, 0.717) is 5.92 Å². The summed E-state index contributed by atoms with van der Waals surface area (Å²) < 4.78 is 10.9. The Morgan fingerprint density at radius 3 is 2.73 bits per heavy atom. The van der Waals surface area contributed by atoms with Gasteiger partial charge in [0.15, 0.2) is 5.82 Å². The molecule has 2 aliphatic heterocycles. The van der Waals surface area contributed by atoms with Gasteiger partial charge >= 0.3 is 0 Å². The van der Waals surface area contributed by atoms with Crippen molar-refractivity contribution < 1.29 is 9.26 Å². The van der Waals surface area contributed by atoms with Crippen molar-refractivity contribution >= 4 is 0 Å². The quantitative estimate of drug-likeness (QED) is 0.841. The zero-order valence-electron chi connectivity index (χ0n) is 14.0. The molecule has 0 aliphatic carbocycles. The molecule has 124 valence electrons. The van der Waals surface area contributed by atoms with Crippen molar-refractivity contribution in [2.24, 2.45) is 5.92 Å². The molecule has 0 atom stereocenters. The molecule has 2 aliphatic rings. The second-order valence-corrected chi connectivity index (χ2v) is 7.17. The van der Waals surface area contributed by atoms with Gasteiger partial charge in [-0.15, -0.1) is 0 Å². The number of hydrogen-bond acceptors (Lipinski definition) is 6. The van der Waals surface area contributed by atoms with E-state index in [-0.39, 0.29) is 5.54 Å². The van der Waals surface area contributed by atoms with Crippen LogP contribution < -0.4 is 0 Å². The van der Waals surface area contributed by atoms with Crippen LogP contribution in [0.3, 0.4) is 0 Å². The van der Waals surface area contributed by atoms with Gasteiger partial charge in [0.25, 0.3) is 0 Å². The molecular weight excluding hydrogens is 280 g/mol. The number of rotatable bonds is 4. The molecule has 6 heteroatoms.